The smallest absolute Gasteiger partial charge is 0.147 e. The maximum absolute atomic E-state index is 5.96. The molecule has 14 heavy (non-hydrogen) atoms. The minimum Gasteiger partial charge on any atom is -0.354 e. The van der Waals surface area contributed by atoms with E-state index in [0.717, 1.165) is 25.3 Å². The number of rotatable bonds is 1. The van der Waals surface area contributed by atoms with Crippen LogP contribution in [0.3, 0.4) is 0 Å². The lowest BCUT2D eigenvalue weighted by Crippen LogP contribution is -2.46. The second-order valence-corrected chi connectivity index (χ2v) is 4.07. The van der Waals surface area contributed by atoms with Crippen molar-refractivity contribution < 1.29 is 0 Å². The predicted molar refractivity (Wildman–Crippen MR) is 56.0 cm³/mol. The lowest BCUT2D eigenvalue weighted by atomic mass is 9.97. The van der Waals surface area contributed by atoms with E-state index in [-0.39, 0.29) is 6.04 Å². The van der Waals surface area contributed by atoms with Gasteiger partial charge in [0.1, 0.15) is 5.82 Å². The molecule has 0 saturated carbocycles. The van der Waals surface area contributed by atoms with Crippen LogP contribution < -0.4 is 10.6 Å². The Morgan fingerprint density at radius 3 is 2.93 bits per heavy atom. The number of anilines is 1. The normalized spacial score (nSPS) is 27.7. The first-order chi connectivity index (χ1) is 6.75. The molecule has 0 radical (unpaired) electrons. The average Bonchev–Trinajstić information content (AvgIpc) is 2.18. The number of nitrogens with zero attached hydrogens (tertiary/aromatic N) is 3. The van der Waals surface area contributed by atoms with Gasteiger partial charge in [-0.15, -0.1) is 0 Å². The highest BCUT2D eigenvalue weighted by Gasteiger charge is 2.22. The second-order valence-electron chi connectivity index (χ2n) is 4.07. The maximum atomic E-state index is 5.96. The van der Waals surface area contributed by atoms with Crippen molar-refractivity contribution in [2.24, 2.45) is 11.7 Å². The molecule has 1 saturated heterocycles. The van der Waals surface area contributed by atoms with Crippen molar-refractivity contribution in [1.29, 1.82) is 0 Å². The summed E-state index contributed by atoms with van der Waals surface area (Å²) in [5.41, 5.74) is 5.96. The molecule has 2 rings (SSSR count). The summed E-state index contributed by atoms with van der Waals surface area (Å²) in [6, 6.07) is 0.265. The fraction of sp³-hybridized carbons (Fsp3) is 0.600. The van der Waals surface area contributed by atoms with E-state index < -0.39 is 0 Å². The summed E-state index contributed by atoms with van der Waals surface area (Å²) in [7, 11) is 0. The molecule has 4 heteroatoms. The fourth-order valence-corrected chi connectivity index (χ4v) is 2.04. The monoisotopic (exact) mass is 192 g/mol. The number of hydrogen-bond donors (Lipinski definition) is 1. The van der Waals surface area contributed by atoms with E-state index in [4.69, 9.17) is 5.73 Å². The first-order valence-corrected chi connectivity index (χ1v) is 5.02. The summed E-state index contributed by atoms with van der Waals surface area (Å²) in [5, 5.41) is 0. The summed E-state index contributed by atoms with van der Waals surface area (Å²) in [5.74, 6) is 1.58. The van der Waals surface area contributed by atoms with Crippen LogP contribution >= 0.6 is 0 Å². The van der Waals surface area contributed by atoms with Crippen molar-refractivity contribution in [3.63, 3.8) is 0 Å². The van der Waals surface area contributed by atoms with Gasteiger partial charge in [0.25, 0.3) is 0 Å². The fourth-order valence-electron chi connectivity index (χ4n) is 2.04. The van der Waals surface area contributed by atoms with Gasteiger partial charge >= 0.3 is 0 Å². The van der Waals surface area contributed by atoms with Crippen LogP contribution in [0.15, 0.2) is 18.6 Å². The summed E-state index contributed by atoms with van der Waals surface area (Å²) in [6.07, 6.45) is 6.32. The summed E-state index contributed by atoms with van der Waals surface area (Å²) >= 11 is 0. The molecule has 1 aromatic heterocycles. The minimum absolute atomic E-state index is 0.265. The molecule has 0 spiro atoms. The third-order valence-corrected chi connectivity index (χ3v) is 2.57. The Hall–Kier alpha value is -1.16. The molecule has 0 aromatic carbocycles. The van der Waals surface area contributed by atoms with Crippen LogP contribution in [0.1, 0.15) is 13.3 Å². The highest BCUT2D eigenvalue weighted by molar-refractivity contribution is 5.36. The molecular weight excluding hydrogens is 176 g/mol. The molecule has 0 bridgehead atoms. The van der Waals surface area contributed by atoms with Gasteiger partial charge in [-0.25, -0.2) is 4.98 Å². The van der Waals surface area contributed by atoms with Gasteiger partial charge in [0, 0.05) is 31.5 Å². The van der Waals surface area contributed by atoms with E-state index in [1.165, 1.54) is 0 Å². The average molecular weight is 192 g/mol. The van der Waals surface area contributed by atoms with E-state index in [1.807, 2.05) is 0 Å². The van der Waals surface area contributed by atoms with Crippen LogP contribution in [-0.4, -0.2) is 29.1 Å². The van der Waals surface area contributed by atoms with E-state index in [9.17, 15) is 0 Å². The zero-order valence-corrected chi connectivity index (χ0v) is 8.43. The lowest BCUT2D eigenvalue weighted by molar-refractivity contribution is 0.399. The van der Waals surface area contributed by atoms with Gasteiger partial charge in [-0.1, -0.05) is 6.92 Å². The molecular formula is C10H16N4. The Kier molecular flexibility index (Phi) is 2.63. The third-order valence-electron chi connectivity index (χ3n) is 2.57. The zero-order valence-electron chi connectivity index (χ0n) is 8.43. The summed E-state index contributed by atoms with van der Waals surface area (Å²) in [4.78, 5) is 10.6. The number of nitrogens with two attached hydrogens (primary N) is 1. The third kappa shape index (κ3) is 2.01. The molecule has 1 aliphatic rings. The summed E-state index contributed by atoms with van der Waals surface area (Å²) < 4.78 is 0. The van der Waals surface area contributed by atoms with Gasteiger partial charge in [-0.2, -0.15) is 0 Å². The van der Waals surface area contributed by atoms with E-state index >= 15 is 0 Å². The van der Waals surface area contributed by atoms with Crippen molar-refractivity contribution in [2.45, 2.75) is 19.4 Å². The van der Waals surface area contributed by atoms with Crippen LogP contribution in [0.25, 0.3) is 0 Å². The largest absolute Gasteiger partial charge is 0.354 e. The number of aromatic nitrogens is 2. The van der Waals surface area contributed by atoms with Gasteiger partial charge in [-0.3, -0.25) is 4.98 Å². The standard InChI is InChI=1S/C10H16N4/c1-8-4-9(11)7-14(6-8)10-5-12-2-3-13-10/h2-3,5,8-9H,4,6-7,11H2,1H3. The lowest BCUT2D eigenvalue weighted by Gasteiger charge is -2.35. The molecule has 76 valence electrons. The van der Waals surface area contributed by atoms with Crippen molar-refractivity contribution in [1.82, 2.24) is 9.97 Å². The zero-order chi connectivity index (χ0) is 9.97. The first-order valence-electron chi connectivity index (χ1n) is 5.02. The predicted octanol–water partition coefficient (Wildman–Crippen LogP) is 0.650. The van der Waals surface area contributed by atoms with Crippen LogP contribution in [-0.2, 0) is 0 Å². The Bertz CT molecular complexity index is 277. The highest BCUT2D eigenvalue weighted by Crippen LogP contribution is 2.19. The molecule has 0 amide bonds. The van der Waals surface area contributed by atoms with Gasteiger partial charge < -0.3 is 10.6 Å². The van der Waals surface area contributed by atoms with Gasteiger partial charge in [0.2, 0.25) is 0 Å². The van der Waals surface area contributed by atoms with Gasteiger partial charge in [-0.05, 0) is 12.3 Å². The van der Waals surface area contributed by atoms with Gasteiger partial charge in [0.15, 0.2) is 0 Å². The van der Waals surface area contributed by atoms with Crippen molar-refractivity contribution in [2.75, 3.05) is 18.0 Å². The van der Waals surface area contributed by atoms with Crippen LogP contribution in [0, 0.1) is 5.92 Å². The summed E-state index contributed by atoms with van der Waals surface area (Å²) in [6.45, 7) is 4.15. The van der Waals surface area contributed by atoms with E-state index in [1.54, 1.807) is 18.6 Å². The topological polar surface area (TPSA) is 55.0 Å². The van der Waals surface area contributed by atoms with Crippen LogP contribution in [0.4, 0.5) is 5.82 Å². The Morgan fingerprint density at radius 2 is 2.29 bits per heavy atom. The van der Waals surface area contributed by atoms with Crippen molar-refractivity contribution in [3.8, 4) is 0 Å². The van der Waals surface area contributed by atoms with E-state index in [2.05, 4.69) is 21.8 Å². The molecule has 0 aliphatic carbocycles. The molecule has 4 nitrogen and oxygen atoms in total. The molecule has 2 heterocycles. The molecule has 1 aromatic rings. The van der Waals surface area contributed by atoms with Crippen LogP contribution in [0.2, 0.25) is 0 Å². The SMILES string of the molecule is CC1CC(N)CN(c2cnccn2)C1. The number of hydrogen-bond acceptors (Lipinski definition) is 4. The Morgan fingerprint density at radius 1 is 1.43 bits per heavy atom. The minimum atomic E-state index is 0.265. The quantitative estimate of drug-likeness (QED) is 0.710. The molecule has 1 aliphatic heterocycles. The Labute approximate surface area is 84.2 Å². The molecule has 2 unspecified atom stereocenters. The number of piperidine rings is 1. The maximum Gasteiger partial charge on any atom is 0.147 e. The molecule has 2 atom stereocenters. The van der Waals surface area contributed by atoms with Crippen molar-refractivity contribution in [3.05, 3.63) is 18.6 Å². The second kappa shape index (κ2) is 3.92. The van der Waals surface area contributed by atoms with Gasteiger partial charge in [0.05, 0.1) is 6.20 Å². The van der Waals surface area contributed by atoms with Crippen LogP contribution in [0.5, 0.6) is 0 Å². The van der Waals surface area contributed by atoms with Crippen molar-refractivity contribution >= 4 is 5.82 Å². The molecule has 2 N–H and O–H groups in total. The first kappa shape index (κ1) is 9.40. The molecule has 1 fully saturated rings. The highest BCUT2D eigenvalue weighted by atomic mass is 15.2. The Balaban J connectivity index is 2.11. The van der Waals surface area contributed by atoms with E-state index in [0.29, 0.717) is 5.92 Å².